The van der Waals surface area contributed by atoms with Crippen LogP contribution in [0.15, 0.2) is 48.0 Å². The lowest BCUT2D eigenvalue weighted by molar-refractivity contribution is -0.120. The van der Waals surface area contributed by atoms with Crippen LogP contribution >= 0.6 is 22.9 Å². The smallest absolute Gasteiger partial charge is 0.225 e. The van der Waals surface area contributed by atoms with E-state index >= 15 is 0 Å². The molecule has 2 aromatic heterocycles. The Labute approximate surface area is 143 Å². The Morgan fingerprint density at radius 3 is 2.96 bits per heavy atom. The van der Waals surface area contributed by atoms with Gasteiger partial charge >= 0.3 is 0 Å². The molecule has 118 valence electrons. The van der Waals surface area contributed by atoms with Gasteiger partial charge < -0.3 is 10.6 Å². The Kier molecular flexibility index (Phi) is 5.10. The van der Waals surface area contributed by atoms with Crippen LogP contribution in [0.5, 0.6) is 0 Å². The Morgan fingerprint density at radius 2 is 2.13 bits per heavy atom. The molecule has 6 heteroatoms. The normalized spacial score (nSPS) is 10.7. The van der Waals surface area contributed by atoms with Crippen molar-refractivity contribution < 1.29 is 4.79 Å². The number of benzene rings is 1. The van der Waals surface area contributed by atoms with Crippen LogP contribution in [0.2, 0.25) is 5.02 Å². The fourth-order valence-corrected chi connectivity index (χ4v) is 3.18. The number of anilines is 1. The molecule has 0 fully saturated rings. The third-order valence-corrected chi connectivity index (χ3v) is 4.49. The number of amides is 1. The second-order valence-corrected chi connectivity index (χ2v) is 6.52. The number of fused-ring (bicyclic) bond motifs is 1. The van der Waals surface area contributed by atoms with Crippen molar-refractivity contribution in [3.8, 4) is 0 Å². The van der Waals surface area contributed by atoms with Gasteiger partial charge in [0.05, 0.1) is 11.9 Å². The summed E-state index contributed by atoms with van der Waals surface area (Å²) in [6.07, 6.45) is 2.19. The molecule has 2 heterocycles. The minimum atomic E-state index is 0.0422. The maximum absolute atomic E-state index is 11.8. The number of aromatic nitrogens is 1. The first-order valence-corrected chi connectivity index (χ1v) is 8.55. The van der Waals surface area contributed by atoms with Crippen LogP contribution in [-0.2, 0) is 11.2 Å². The maximum Gasteiger partial charge on any atom is 0.225 e. The monoisotopic (exact) mass is 345 g/mol. The number of nitrogens with zero attached hydrogens (tertiary/aromatic N) is 1. The quantitative estimate of drug-likeness (QED) is 0.669. The van der Waals surface area contributed by atoms with Crippen molar-refractivity contribution in [2.45, 2.75) is 6.42 Å². The van der Waals surface area contributed by atoms with Crippen LogP contribution in [0, 0.1) is 0 Å². The van der Waals surface area contributed by atoms with E-state index in [9.17, 15) is 4.79 Å². The van der Waals surface area contributed by atoms with Gasteiger partial charge in [-0.3, -0.25) is 9.78 Å². The largest absolute Gasteiger partial charge is 0.383 e. The van der Waals surface area contributed by atoms with Gasteiger partial charge in [-0.1, -0.05) is 17.7 Å². The van der Waals surface area contributed by atoms with Gasteiger partial charge in [-0.15, -0.1) is 11.3 Å². The van der Waals surface area contributed by atoms with Crippen LogP contribution in [0.25, 0.3) is 10.9 Å². The van der Waals surface area contributed by atoms with Gasteiger partial charge in [0.25, 0.3) is 0 Å². The molecule has 0 saturated heterocycles. The average molecular weight is 346 g/mol. The lowest BCUT2D eigenvalue weighted by atomic mass is 10.2. The SMILES string of the molecule is O=C(Cc1cccs1)NCCNc1ccnc2cc(Cl)ccc12. The van der Waals surface area contributed by atoms with Gasteiger partial charge in [0.2, 0.25) is 5.91 Å². The fraction of sp³-hybridized carbons (Fsp3) is 0.176. The lowest BCUT2D eigenvalue weighted by Crippen LogP contribution is -2.29. The van der Waals surface area contributed by atoms with Gasteiger partial charge in [-0.2, -0.15) is 0 Å². The molecule has 3 aromatic rings. The second-order valence-electron chi connectivity index (χ2n) is 5.05. The van der Waals surface area contributed by atoms with Crippen molar-refractivity contribution in [3.05, 3.63) is 57.9 Å². The molecule has 0 unspecified atom stereocenters. The molecule has 3 rings (SSSR count). The van der Waals surface area contributed by atoms with Crippen molar-refractivity contribution in [1.82, 2.24) is 10.3 Å². The molecule has 0 aliphatic heterocycles. The zero-order chi connectivity index (χ0) is 16.1. The summed E-state index contributed by atoms with van der Waals surface area (Å²) < 4.78 is 0. The predicted octanol–water partition coefficient (Wildman–Crippen LogP) is 3.72. The number of pyridine rings is 1. The summed E-state index contributed by atoms with van der Waals surface area (Å²) in [4.78, 5) is 17.2. The van der Waals surface area contributed by atoms with E-state index in [1.54, 1.807) is 17.5 Å². The topological polar surface area (TPSA) is 54.0 Å². The Morgan fingerprint density at radius 1 is 1.22 bits per heavy atom. The van der Waals surface area contributed by atoms with Gasteiger partial charge in [0, 0.05) is 40.3 Å². The first-order valence-electron chi connectivity index (χ1n) is 7.29. The van der Waals surface area contributed by atoms with E-state index in [0.717, 1.165) is 21.5 Å². The van der Waals surface area contributed by atoms with Crippen molar-refractivity contribution in [2.24, 2.45) is 0 Å². The molecule has 2 N–H and O–H groups in total. The van der Waals surface area contributed by atoms with Crippen LogP contribution in [0.3, 0.4) is 0 Å². The molecule has 0 radical (unpaired) electrons. The number of rotatable bonds is 6. The summed E-state index contributed by atoms with van der Waals surface area (Å²) in [6, 6.07) is 11.5. The summed E-state index contributed by atoms with van der Waals surface area (Å²) in [5.41, 5.74) is 1.84. The van der Waals surface area contributed by atoms with Crippen molar-refractivity contribution >= 4 is 45.4 Å². The first-order chi connectivity index (χ1) is 11.2. The molecular weight excluding hydrogens is 330 g/mol. The molecule has 0 aliphatic rings. The Balaban J connectivity index is 1.52. The Bertz CT molecular complexity index is 805. The number of nitrogens with one attached hydrogen (secondary N) is 2. The molecule has 0 bridgehead atoms. The van der Waals surface area contributed by atoms with E-state index in [-0.39, 0.29) is 5.91 Å². The van der Waals surface area contributed by atoms with Crippen molar-refractivity contribution in [1.29, 1.82) is 0 Å². The molecule has 0 aliphatic carbocycles. The number of hydrogen-bond donors (Lipinski definition) is 2. The zero-order valence-electron chi connectivity index (χ0n) is 12.4. The van der Waals surface area contributed by atoms with E-state index in [2.05, 4.69) is 15.6 Å². The zero-order valence-corrected chi connectivity index (χ0v) is 14.0. The van der Waals surface area contributed by atoms with Gasteiger partial charge in [-0.25, -0.2) is 0 Å². The first kappa shape index (κ1) is 15.8. The molecular formula is C17H16ClN3OS. The molecule has 1 aromatic carbocycles. The molecule has 4 nitrogen and oxygen atoms in total. The number of hydrogen-bond acceptors (Lipinski definition) is 4. The fourth-order valence-electron chi connectivity index (χ4n) is 2.31. The van der Waals surface area contributed by atoms with Crippen LogP contribution < -0.4 is 10.6 Å². The second kappa shape index (κ2) is 7.44. The minimum absolute atomic E-state index is 0.0422. The summed E-state index contributed by atoms with van der Waals surface area (Å²) in [5.74, 6) is 0.0422. The van der Waals surface area contributed by atoms with Crippen molar-refractivity contribution in [2.75, 3.05) is 18.4 Å². The van der Waals surface area contributed by atoms with Crippen LogP contribution in [-0.4, -0.2) is 24.0 Å². The molecule has 0 spiro atoms. The summed E-state index contributed by atoms with van der Waals surface area (Å²) in [6.45, 7) is 1.22. The van der Waals surface area contributed by atoms with E-state index in [1.165, 1.54) is 0 Å². The molecule has 0 atom stereocenters. The van der Waals surface area contributed by atoms with Crippen LogP contribution in [0.4, 0.5) is 5.69 Å². The third-order valence-electron chi connectivity index (χ3n) is 3.38. The summed E-state index contributed by atoms with van der Waals surface area (Å²) in [7, 11) is 0. The number of carbonyl (C=O) groups is 1. The lowest BCUT2D eigenvalue weighted by Gasteiger charge is -2.10. The van der Waals surface area contributed by atoms with Crippen molar-refractivity contribution in [3.63, 3.8) is 0 Å². The van der Waals surface area contributed by atoms with Gasteiger partial charge in [0.15, 0.2) is 0 Å². The van der Waals surface area contributed by atoms with E-state index in [4.69, 9.17) is 11.6 Å². The highest BCUT2D eigenvalue weighted by Crippen LogP contribution is 2.24. The van der Waals surface area contributed by atoms with E-state index in [0.29, 0.717) is 24.5 Å². The third kappa shape index (κ3) is 4.21. The highest BCUT2D eigenvalue weighted by atomic mass is 35.5. The average Bonchev–Trinajstić information content (AvgIpc) is 3.04. The maximum atomic E-state index is 11.8. The minimum Gasteiger partial charge on any atom is -0.383 e. The highest BCUT2D eigenvalue weighted by molar-refractivity contribution is 7.10. The number of thiophene rings is 1. The molecule has 23 heavy (non-hydrogen) atoms. The van der Waals surface area contributed by atoms with Crippen LogP contribution in [0.1, 0.15) is 4.88 Å². The summed E-state index contributed by atoms with van der Waals surface area (Å²) >= 11 is 7.58. The predicted molar refractivity (Wildman–Crippen MR) is 96.3 cm³/mol. The van der Waals surface area contributed by atoms with Gasteiger partial charge in [-0.05, 0) is 35.7 Å². The standard InChI is InChI=1S/C17H16ClN3OS/c18-12-3-4-14-15(5-6-19-16(14)10-12)20-7-8-21-17(22)11-13-2-1-9-23-13/h1-6,9-10H,7-8,11H2,(H,19,20)(H,21,22). The van der Waals surface area contributed by atoms with Gasteiger partial charge in [0.1, 0.15) is 0 Å². The molecule has 0 saturated carbocycles. The number of halogens is 1. The van der Waals surface area contributed by atoms with E-state index in [1.807, 2.05) is 41.8 Å². The summed E-state index contributed by atoms with van der Waals surface area (Å²) in [5, 5.41) is 9.91. The Hall–Kier alpha value is -2.11. The number of carbonyl (C=O) groups excluding carboxylic acids is 1. The van der Waals surface area contributed by atoms with E-state index < -0.39 is 0 Å². The highest BCUT2D eigenvalue weighted by Gasteiger charge is 2.04. The molecule has 1 amide bonds.